The first-order valence-corrected chi connectivity index (χ1v) is 12.8. The van der Waals surface area contributed by atoms with E-state index in [1.807, 2.05) is 0 Å². The van der Waals surface area contributed by atoms with Gasteiger partial charge in [-0.3, -0.25) is 8.63 Å². The minimum absolute atomic E-state index is 0.0238. The molecule has 206 valence electrons. The van der Waals surface area contributed by atoms with Crippen molar-refractivity contribution in [3.63, 3.8) is 0 Å². The number of halogens is 4. The van der Waals surface area contributed by atoms with E-state index >= 15 is 0 Å². The molecule has 2 N–H and O–H groups in total. The highest BCUT2D eigenvalue weighted by Crippen LogP contribution is 2.41. The van der Waals surface area contributed by atoms with Crippen LogP contribution in [0.3, 0.4) is 0 Å². The molecule has 5 nitrogen and oxygen atoms in total. The van der Waals surface area contributed by atoms with E-state index in [0.717, 1.165) is 4.48 Å². The Kier molecular flexibility index (Phi) is 6.96. The van der Waals surface area contributed by atoms with Gasteiger partial charge in [-0.05, 0) is 102 Å². The molecule has 0 saturated carbocycles. The first-order valence-electron chi connectivity index (χ1n) is 12.8. The van der Waals surface area contributed by atoms with Crippen molar-refractivity contribution in [2.45, 2.75) is 0 Å². The molecule has 0 amide bonds. The molecule has 0 atom stereocenters. The summed E-state index contributed by atoms with van der Waals surface area (Å²) in [5.41, 5.74) is 3.41. The van der Waals surface area contributed by atoms with Gasteiger partial charge in [-0.1, -0.05) is 24.3 Å². The third kappa shape index (κ3) is 5.22. The number of aliphatic imine (C=N–C) groups is 2. The summed E-state index contributed by atoms with van der Waals surface area (Å²) in [6.45, 7) is 0. The number of aromatic nitrogens is 1. The summed E-state index contributed by atoms with van der Waals surface area (Å²) in [4.78, 5) is 9.33. The maximum atomic E-state index is 14.8. The highest BCUT2D eigenvalue weighted by Gasteiger charge is 2.30. The Balaban J connectivity index is 1.60. The number of nitrogens with zero attached hydrogens (tertiary/aromatic N) is 3. The van der Waals surface area contributed by atoms with Crippen LogP contribution in [0.15, 0.2) is 119 Å². The van der Waals surface area contributed by atoms with Gasteiger partial charge in [0.2, 0.25) is 0 Å². The quantitative estimate of drug-likeness (QED) is 0.162. The first kappa shape index (κ1) is 26.8. The molecule has 0 bridgehead atoms. The van der Waals surface area contributed by atoms with E-state index in [-0.39, 0.29) is 28.8 Å². The molecule has 2 heterocycles. The van der Waals surface area contributed by atoms with Crippen molar-refractivity contribution in [2.75, 3.05) is 0 Å². The Morgan fingerprint density at radius 3 is 1.69 bits per heavy atom. The highest BCUT2D eigenvalue weighted by atomic mass is 19.2. The predicted molar refractivity (Wildman–Crippen MR) is 156 cm³/mol. The second-order valence-electron chi connectivity index (χ2n) is 9.51. The van der Waals surface area contributed by atoms with E-state index in [4.69, 9.17) is 0 Å². The molecule has 10 heteroatoms. The Morgan fingerprint density at radius 2 is 1.14 bits per heavy atom. The molecule has 0 spiro atoms. The van der Waals surface area contributed by atoms with Crippen LogP contribution >= 0.6 is 0 Å². The second kappa shape index (κ2) is 10.9. The van der Waals surface area contributed by atoms with Crippen LogP contribution < -0.4 is 0 Å². The molecule has 0 unspecified atom stereocenters. The van der Waals surface area contributed by atoms with Crippen molar-refractivity contribution < 1.29 is 27.6 Å². The number of aromatic hydroxyl groups is 2. The minimum Gasteiger partial charge on any atom is -0.508 e. The Labute approximate surface area is 238 Å². The largest absolute Gasteiger partial charge is 0.679 e. The summed E-state index contributed by atoms with van der Waals surface area (Å²) in [5.74, 6) is -0.916. The maximum absolute atomic E-state index is 14.8. The SMILES string of the molecule is Oc1ccc(C2=N/C(=N\c3c(-c4ccc(F)cc4)cc(-c4ccc(O)cc4)n3B(F)F)C(c3ccc(F)cc3)=C2)cc1. The van der Waals surface area contributed by atoms with Crippen LogP contribution in [0.25, 0.3) is 28.0 Å². The standard InChI is InChI=1S/C32H20BF4N3O2/c34-23-9-1-19(2-10-23)27-17-29(21-5-13-25(41)14-6-21)38-31(27)39-32-28(20-3-11-24(35)12-4-20)18-30(40(32)33(36)37)22-7-15-26(42)16-8-22/h1-18,41-42H/b39-31-. The zero-order chi connectivity index (χ0) is 29.4. The number of hydrogen-bond donors (Lipinski definition) is 2. The zero-order valence-corrected chi connectivity index (χ0v) is 21.7. The smallest absolute Gasteiger partial charge is 0.508 e. The third-order valence-corrected chi connectivity index (χ3v) is 6.80. The van der Waals surface area contributed by atoms with Crippen molar-refractivity contribution >= 4 is 30.3 Å². The Bertz CT molecular complexity index is 1860. The molecule has 1 aliphatic heterocycles. The summed E-state index contributed by atoms with van der Waals surface area (Å²) in [6, 6.07) is 24.7. The van der Waals surface area contributed by atoms with E-state index in [0.29, 0.717) is 39.1 Å². The molecular formula is C32H20BF4N3O2. The van der Waals surface area contributed by atoms with E-state index in [1.54, 1.807) is 30.3 Å². The van der Waals surface area contributed by atoms with Gasteiger partial charge >= 0.3 is 7.40 Å². The van der Waals surface area contributed by atoms with Gasteiger partial charge in [-0.25, -0.2) is 18.8 Å². The number of allylic oxidation sites excluding steroid dienone is 1. The molecular weight excluding hydrogens is 545 g/mol. The van der Waals surface area contributed by atoms with E-state index in [1.165, 1.54) is 78.9 Å². The number of phenols is 2. The van der Waals surface area contributed by atoms with Crippen molar-refractivity contribution in [1.82, 2.24) is 4.48 Å². The molecule has 0 radical (unpaired) electrons. The van der Waals surface area contributed by atoms with E-state index < -0.39 is 19.0 Å². The van der Waals surface area contributed by atoms with Crippen molar-refractivity contribution in [3.8, 4) is 33.9 Å². The number of benzene rings is 4. The molecule has 42 heavy (non-hydrogen) atoms. The van der Waals surface area contributed by atoms with Gasteiger partial charge in [-0.15, -0.1) is 0 Å². The molecule has 0 fully saturated rings. The maximum Gasteiger partial charge on any atom is 0.679 e. The highest BCUT2D eigenvalue weighted by molar-refractivity contribution is 6.43. The zero-order valence-electron chi connectivity index (χ0n) is 21.7. The third-order valence-electron chi connectivity index (χ3n) is 6.80. The van der Waals surface area contributed by atoms with Crippen LogP contribution in [0.5, 0.6) is 11.5 Å². The average molecular weight is 565 g/mol. The molecule has 0 saturated heterocycles. The first-order chi connectivity index (χ1) is 20.3. The molecule has 4 aromatic carbocycles. The Hall–Kier alpha value is -5.38. The van der Waals surface area contributed by atoms with Crippen molar-refractivity contribution in [3.05, 3.63) is 132 Å². The number of hydrogen-bond acceptors (Lipinski definition) is 3. The summed E-state index contributed by atoms with van der Waals surface area (Å²) in [5, 5.41) is 19.5. The van der Waals surface area contributed by atoms with Gasteiger partial charge in [0.05, 0.1) is 5.71 Å². The van der Waals surface area contributed by atoms with Crippen molar-refractivity contribution in [2.24, 2.45) is 9.98 Å². The minimum atomic E-state index is -3.03. The summed E-state index contributed by atoms with van der Waals surface area (Å²) >= 11 is 0. The van der Waals surface area contributed by atoms with Crippen LogP contribution in [-0.4, -0.2) is 33.6 Å². The lowest BCUT2D eigenvalue weighted by atomic mass is 10.0. The Morgan fingerprint density at radius 1 is 0.643 bits per heavy atom. The lowest BCUT2D eigenvalue weighted by Gasteiger charge is -2.10. The van der Waals surface area contributed by atoms with Gasteiger partial charge in [0.15, 0.2) is 5.84 Å². The van der Waals surface area contributed by atoms with Gasteiger partial charge in [0.1, 0.15) is 29.0 Å². The van der Waals surface area contributed by atoms with Gasteiger partial charge in [0.25, 0.3) is 0 Å². The fraction of sp³-hybridized carbons (Fsp3) is 0. The fourth-order valence-corrected chi connectivity index (χ4v) is 4.74. The van der Waals surface area contributed by atoms with Crippen molar-refractivity contribution in [1.29, 1.82) is 0 Å². The second-order valence-corrected chi connectivity index (χ2v) is 9.51. The van der Waals surface area contributed by atoms with Crippen LogP contribution in [-0.2, 0) is 0 Å². The van der Waals surface area contributed by atoms with Gasteiger partial charge in [-0.2, -0.15) is 0 Å². The summed E-state index contributed by atoms with van der Waals surface area (Å²) in [7, 11) is -3.03. The van der Waals surface area contributed by atoms with Crippen LogP contribution in [0.4, 0.5) is 23.2 Å². The predicted octanol–water partition coefficient (Wildman–Crippen LogP) is 7.90. The van der Waals surface area contributed by atoms with Crippen LogP contribution in [0.2, 0.25) is 0 Å². The molecule has 0 aliphatic carbocycles. The molecule has 1 aromatic heterocycles. The summed E-state index contributed by atoms with van der Waals surface area (Å²) < 4.78 is 58.0. The van der Waals surface area contributed by atoms with E-state index in [9.17, 15) is 27.6 Å². The average Bonchev–Trinajstić information content (AvgIpc) is 3.57. The van der Waals surface area contributed by atoms with Gasteiger partial charge in [0, 0.05) is 22.4 Å². The van der Waals surface area contributed by atoms with Crippen LogP contribution in [0, 0.1) is 11.6 Å². The normalized spacial score (nSPS) is 13.8. The topological polar surface area (TPSA) is 70.1 Å². The fourth-order valence-electron chi connectivity index (χ4n) is 4.74. The number of amidine groups is 1. The lowest BCUT2D eigenvalue weighted by Crippen LogP contribution is -2.14. The number of rotatable bonds is 6. The molecule has 1 aliphatic rings. The van der Waals surface area contributed by atoms with Crippen LogP contribution in [0.1, 0.15) is 11.1 Å². The monoisotopic (exact) mass is 565 g/mol. The van der Waals surface area contributed by atoms with Gasteiger partial charge < -0.3 is 14.7 Å². The van der Waals surface area contributed by atoms with E-state index in [2.05, 4.69) is 9.98 Å². The molecule has 6 rings (SSSR count). The number of phenolic OH excluding ortho intramolecular Hbond substituents is 2. The summed E-state index contributed by atoms with van der Waals surface area (Å²) in [6.07, 6.45) is 1.71. The lowest BCUT2D eigenvalue weighted by molar-refractivity contribution is 0.475. The molecule has 5 aromatic rings.